The molecule has 1 aromatic heterocycles. The molecule has 0 amide bonds. The lowest BCUT2D eigenvalue weighted by Crippen LogP contribution is -2.41. The summed E-state index contributed by atoms with van der Waals surface area (Å²) in [4.78, 5) is 21.7. The van der Waals surface area contributed by atoms with Crippen LogP contribution < -0.4 is 10.5 Å². The number of benzene rings is 1. The van der Waals surface area contributed by atoms with E-state index in [1.807, 2.05) is 25.1 Å². The summed E-state index contributed by atoms with van der Waals surface area (Å²) in [6, 6.07) is 7.42. The zero-order valence-corrected chi connectivity index (χ0v) is 11.6. The number of hydrogen-bond donors (Lipinski definition) is 1. The third-order valence-electron chi connectivity index (χ3n) is 3.68. The second-order valence-corrected chi connectivity index (χ2v) is 5.07. The second-order valence-electron chi connectivity index (χ2n) is 5.07. The van der Waals surface area contributed by atoms with E-state index in [2.05, 4.69) is 14.9 Å². The molecule has 1 aliphatic heterocycles. The van der Waals surface area contributed by atoms with Crippen LogP contribution in [-0.2, 0) is 4.74 Å². The maximum atomic E-state index is 12.1. The predicted octanol–water partition coefficient (Wildman–Crippen LogP) is 1.93. The number of nitrogens with one attached hydrogen (secondary N) is 1. The smallest absolute Gasteiger partial charge is 0.260 e. The van der Waals surface area contributed by atoms with Gasteiger partial charge < -0.3 is 9.64 Å². The highest BCUT2D eigenvalue weighted by Crippen LogP contribution is 2.18. The number of fused-ring (bicyclic) bond motifs is 1. The van der Waals surface area contributed by atoms with Crippen LogP contribution in [0.25, 0.3) is 10.9 Å². The molecule has 0 spiro atoms. The lowest BCUT2D eigenvalue weighted by Gasteiger charge is -2.32. The van der Waals surface area contributed by atoms with E-state index >= 15 is 0 Å². The molecule has 0 bridgehead atoms. The molecule has 106 valence electrons. The fourth-order valence-electron chi connectivity index (χ4n) is 2.73. The van der Waals surface area contributed by atoms with Crippen molar-refractivity contribution in [2.24, 2.45) is 0 Å². The Labute approximate surface area is 117 Å². The van der Waals surface area contributed by atoms with Crippen LogP contribution in [0.3, 0.4) is 0 Å². The van der Waals surface area contributed by atoms with E-state index in [-0.39, 0.29) is 11.7 Å². The highest BCUT2D eigenvalue weighted by atomic mass is 16.5. The molecule has 2 heterocycles. The van der Waals surface area contributed by atoms with Gasteiger partial charge in [0.05, 0.1) is 17.0 Å². The standard InChI is InChI=1S/C15H19N3O2/c1-2-20-11-6-5-9-18(10-11)15-16-13-8-4-3-7-12(13)14(19)17-15/h3-4,7-8,11H,2,5-6,9-10H2,1H3,(H,16,17,19). The summed E-state index contributed by atoms with van der Waals surface area (Å²) in [6.07, 6.45) is 2.36. The Bertz CT molecular complexity index is 651. The summed E-state index contributed by atoms with van der Waals surface area (Å²) in [5, 5.41) is 0.634. The van der Waals surface area contributed by atoms with Crippen molar-refractivity contribution in [2.45, 2.75) is 25.9 Å². The molecule has 1 aromatic carbocycles. The fraction of sp³-hybridized carbons (Fsp3) is 0.467. The number of nitrogens with zero attached hydrogens (tertiary/aromatic N) is 2. The SMILES string of the molecule is CCOC1CCCN(c2nc3ccccc3c(=O)[nH]2)C1. The largest absolute Gasteiger partial charge is 0.377 e. The lowest BCUT2D eigenvalue weighted by atomic mass is 10.1. The van der Waals surface area contributed by atoms with Crippen molar-refractivity contribution in [1.82, 2.24) is 9.97 Å². The Morgan fingerprint density at radius 3 is 3.15 bits per heavy atom. The molecule has 1 N–H and O–H groups in total. The molecule has 0 saturated carbocycles. The highest BCUT2D eigenvalue weighted by Gasteiger charge is 2.22. The first-order chi connectivity index (χ1) is 9.78. The van der Waals surface area contributed by atoms with Gasteiger partial charge in [0.1, 0.15) is 0 Å². The number of ether oxygens (including phenoxy) is 1. The summed E-state index contributed by atoms with van der Waals surface area (Å²) in [6.45, 7) is 4.43. The summed E-state index contributed by atoms with van der Waals surface area (Å²) in [7, 11) is 0. The van der Waals surface area contributed by atoms with Crippen molar-refractivity contribution in [3.63, 3.8) is 0 Å². The van der Waals surface area contributed by atoms with E-state index in [4.69, 9.17) is 4.74 Å². The number of H-pyrrole nitrogens is 1. The molecular weight excluding hydrogens is 254 g/mol. The lowest BCUT2D eigenvalue weighted by molar-refractivity contribution is 0.0523. The van der Waals surface area contributed by atoms with Gasteiger partial charge in [-0.1, -0.05) is 12.1 Å². The molecule has 0 radical (unpaired) electrons. The Kier molecular flexibility index (Phi) is 3.69. The second kappa shape index (κ2) is 5.63. The molecule has 1 fully saturated rings. The van der Waals surface area contributed by atoms with Crippen LogP contribution in [0, 0.1) is 0 Å². The van der Waals surface area contributed by atoms with Crippen LogP contribution in [0.15, 0.2) is 29.1 Å². The maximum absolute atomic E-state index is 12.1. The summed E-state index contributed by atoms with van der Waals surface area (Å²) < 4.78 is 5.69. The van der Waals surface area contributed by atoms with E-state index in [1.165, 1.54) is 0 Å². The van der Waals surface area contributed by atoms with Gasteiger partial charge in [-0.05, 0) is 31.9 Å². The predicted molar refractivity (Wildman–Crippen MR) is 79.2 cm³/mol. The van der Waals surface area contributed by atoms with Crippen molar-refractivity contribution >= 4 is 16.9 Å². The van der Waals surface area contributed by atoms with Gasteiger partial charge in [-0.15, -0.1) is 0 Å². The van der Waals surface area contributed by atoms with Crippen LogP contribution in [0.1, 0.15) is 19.8 Å². The first-order valence-corrected chi connectivity index (χ1v) is 7.13. The third kappa shape index (κ3) is 2.54. The first kappa shape index (κ1) is 13.1. The van der Waals surface area contributed by atoms with Crippen molar-refractivity contribution in [3.05, 3.63) is 34.6 Å². The molecule has 1 unspecified atom stereocenters. The normalized spacial score (nSPS) is 19.4. The van der Waals surface area contributed by atoms with Gasteiger partial charge in [0.25, 0.3) is 5.56 Å². The van der Waals surface area contributed by atoms with Crippen molar-refractivity contribution in [2.75, 3.05) is 24.6 Å². The number of piperidine rings is 1. The average Bonchev–Trinajstić information content (AvgIpc) is 2.48. The minimum atomic E-state index is -0.0795. The molecule has 1 atom stereocenters. The van der Waals surface area contributed by atoms with E-state index in [0.29, 0.717) is 11.3 Å². The fourth-order valence-corrected chi connectivity index (χ4v) is 2.73. The number of hydrogen-bond acceptors (Lipinski definition) is 4. The van der Waals surface area contributed by atoms with E-state index in [0.717, 1.165) is 38.1 Å². The van der Waals surface area contributed by atoms with E-state index in [9.17, 15) is 4.79 Å². The number of aromatic nitrogens is 2. The van der Waals surface area contributed by atoms with Gasteiger partial charge in [-0.3, -0.25) is 9.78 Å². The number of rotatable bonds is 3. The molecule has 3 rings (SSSR count). The molecule has 5 heteroatoms. The van der Waals surface area contributed by atoms with Crippen molar-refractivity contribution < 1.29 is 4.74 Å². The Morgan fingerprint density at radius 1 is 1.45 bits per heavy atom. The Balaban J connectivity index is 1.92. The molecule has 1 saturated heterocycles. The summed E-state index contributed by atoms with van der Waals surface area (Å²) in [5.74, 6) is 0.651. The topological polar surface area (TPSA) is 58.2 Å². The minimum absolute atomic E-state index is 0.0795. The van der Waals surface area contributed by atoms with Crippen LogP contribution in [0.2, 0.25) is 0 Å². The minimum Gasteiger partial charge on any atom is -0.377 e. The number of para-hydroxylation sites is 1. The van der Waals surface area contributed by atoms with Gasteiger partial charge >= 0.3 is 0 Å². The number of aromatic amines is 1. The number of anilines is 1. The quantitative estimate of drug-likeness (QED) is 0.928. The van der Waals surface area contributed by atoms with E-state index < -0.39 is 0 Å². The van der Waals surface area contributed by atoms with E-state index in [1.54, 1.807) is 6.07 Å². The average molecular weight is 273 g/mol. The van der Waals surface area contributed by atoms with Gasteiger partial charge in [0, 0.05) is 19.7 Å². The molecule has 20 heavy (non-hydrogen) atoms. The molecule has 1 aliphatic rings. The first-order valence-electron chi connectivity index (χ1n) is 7.13. The Morgan fingerprint density at radius 2 is 2.30 bits per heavy atom. The van der Waals surface area contributed by atoms with Gasteiger partial charge in [-0.25, -0.2) is 4.98 Å². The highest BCUT2D eigenvalue weighted by molar-refractivity contribution is 5.78. The molecule has 5 nitrogen and oxygen atoms in total. The summed E-state index contributed by atoms with van der Waals surface area (Å²) >= 11 is 0. The summed E-state index contributed by atoms with van der Waals surface area (Å²) in [5.41, 5.74) is 0.661. The zero-order chi connectivity index (χ0) is 13.9. The zero-order valence-electron chi connectivity index (χ0n) is 11.6. The maximum Gasteiger partial charge on any atom is 0.260 e. The monoisotopic (exact) mass is 273 g/mol. The van der Waals surface area contributed by atoms with Gasteiger partial charge in [0.2, 0.25) is 5.95 Å². The van der Waals surface area contributed by atoms with Crippen molar-refractivity contribution in [3.8, 4) is 0 Å². The van der Waals surface area contributed by atoms with Crippen molar-refractivity contribution in [1.29, 1.82) is 0 Å². The molecule has 0 aliphatic carbocycles. The van der Waals surface area contributed by atoms with Gasteiger partial charge in [-0.2, -0.15) is 0 Å². The van der Waals surface area contributed by atoms with Crippen LogP contribution >= 0.6 is 0 Å². The van der Waals surface area contributed by atoms with Crippen LogP contribution in [0.4, 0.5) is 5.95 Å². The molecular formula is C15H19N3O2. The third-order valence-corrected chi connectivity index (χ3v) is 3.68. The van der Waals surface area contributed by atoms with Gasteiger partial charge in [0.15, 0.2) is 0 Å². The Hall–Kier alpha value is -1.88. The molecule has 2 aromatic rings. The van der Waals surface area contributed by atoms with Crippen LogP contribution in [-0.4, -0.2) is 35.8 Å². The van der Waals surface area contributed by atoms with Crippen LogP contribution in [0.5, 0.6) is 0 Å².